The predicted octanol–water partition coefficient (Wildman–Crippen LogP) is 6.60. The molecule has 32 heavy (non-hydrogen) atoms. The second kappa shape index (κ2) is 14.3. The van der Waals surface area contributed by atoms with E-state index in [0.29, 0.717) is 6.61 Å². The molecule has 0 aliphatic heterocycles. The summed E-state index contributed by atoms with van der Waals surface area (Å²) in [5, 5.41) is 3.94. The normalized spacial score (nSPS) is 11.7. The monoisotopic (exact) mass is 438 g/mol. The summed E-state index contributed by atoms with van der Waals surface area (Å²) in [6, 6.07) is 8.25. The van der Waals surface area contributed by atoms with Crippen LogP contribution in [0.2, 0.25) is 0 Å². The highest BCUT2D eigenvalue weighted by Crippen LogP contribution is 2.28. The fourth-order valence-corrected chi connectivity index (χ4v) is 3.55. The summed E-state index contributed by atoms with van der Waals surface area (Å²) >= 11 is 0. The zero-order valence-electron chi connectivity index (χ0n) is 20.3. The first-order valence-corrected chi connectivity index (χ1v) is 11.6. The number of rotatable bonds is 14. The number of ether oxygens (including phenoxy) is 2. The first kappa shape index (κ1) is 25.4. The van der Waals surface area contributed by atoms with Crippen molar-refractivity contribution in [2.24, 2.45) is 5.16 Å². The SMILES string of the molecule is C/C=C/COc1cc(C)c(OCCCCCCCc2ccc(/C(C)=N/OC)cn2)c(C)c1. The van der Waals surface area contributed by atoms with Gasteiger partial charge in [0.15, 0.2) is 0 Å². The first-order chi connectivity index (χ1) is 15.5. The molecule has 2 rings (SSSR count). The minimum absolute atomic E-state index is 0.597. The van der Waals surface area contributed by atoms with E-state index in [1.165, 1.54) is 19.3 Å². The molecule has 0 unspecified atom stereocenters. The van der Waals surface area contributed by atoms with Crippen molar-refractivity contribution in [3.05, 3.63) is 65.0 Å². The van der Waals surface area contributed by atoms with Crippen LogP contribution in [-0.2, 0) is 11.3 Å². The Bertz CT molecular complexity index is 850. The number of unbranched alkanes of at least 4 members (excludes halogenated alkanes) is 4. The van der Waals surface area contributed by atoms with Crippen LogP contribution in [0.15, 0.2) is 47.8 Å². The van der Waals surface area contributed by atoms with Crippen LogP contribution in [0.3, 0.4) is 0 Å². The Labute approximate surface area is 193 Å². The van der Waals surface area contributed by atoms with Gasteiger partial charge in [-0.3, -0.25) is 4.98 Å². The molecule has 0 fully saturated rings. The number of nitrogens with zero attached hydrogens (tertiary/aromatic N) is 2. The number of aromatic nitrogens is 1. The maximum Gasteiger partial charge on any atom is 0.125 e. The van der Waals surface area contributed by atoms with Crippen LogP contribution >= 0.6 is 0 Å². The van der Waals surface area contributed by atoms with Gasteiger partial charge in [-0.25, -0.2) is 0 Å². The molecule has 2 aromatic rings. The van der Waals surface area contributed by atoms with Crippen molar-refractivity contribution in [1.29, 1.82) is 0 Å². The summed E-state index contributed by atoms with van der Waals surface area (Å²) in [6.45, 7) is 9.43. The summed E-state index contributed by atoms with van der Waals surface area (Å²) in [5.74, 6) is 1.89. The minimum Gasteiger partial charge on any atom is -0.493 e. The van der Waals surface area contributed by atoms with Gasteiger partial charge in [0.2, 0.25) is 0 Å². The number of oxime groups is 1. The van der Waals surface area contributed by atoms with Crippen molar-refractivity contribution in [2.45, 2.75) is 66.2 Å². The fourth-order valence-electron chi connectivity index (χ4n) is 3.55. The Morgan fingerprint density at radius 3 is 2.38 bits per heavy atom. The molecule has 0 saturated heterocycles. The Kier molecular flexibility index (Phi) is 11.4. The molecule has 0 radical (unpaired) electrons. The van der Waals surface area contributed by atoms with Gasteiger partial charge in [-0.1, -0.05) is 36.6 Å². The van der Waals surface area contributed by atoms with E-state index in [-0.39, 0.29) is 0 Å². The smallest absolute Gasteiger partial charge is 0.125 e. The molecule has 0 aliphatic rings. The van der Waals surface area contributed by atoms with Crippen LogP contribution in [-0.4, -0.2) is 31.0 Å². The van der Waals surface area contributed by atoms with Gasteiger partial charge in [0.05, 0.1) is 12.3 Å². The molecule has 0 spiro atoms. The number of allylic oxidation sites excluding steroid dienone is 1. The Balaban J connectivity index is 1.62. The average molecular weight is 439 g/mol. The lowest BCUT2D eigenvalue weighted by atomic mass is 10.1. The number of aryl methyl sites for hydroxylation is 3. The largest absolute Gasteiger partial charge is 0.493 e. The predicted molar refractivity (Wildman–Crippen MR) is 132 cm³/mol. The molecule has 0 bridgehead atoms. The van der Waals surface area contributed by atoms with Crippen molar-refractivity contribution < 1.29 is 14.3 Å². The van der Waals surface area contributed by atoms with Gasteiger partial charge >= 0.3 is 0 Å². The van der Waals surface area contributed by atoms with E-state index in [0.717, 1.165) is 65.5 Å². The maximum atomic E-state index is 6.07. The van der Waals surface area contributed by atoms with E-state index < -0.39 is 0 Å². The molecule has 174 valence electrons. The lowest BCUT2D eigenvalue weighted by Gasteiger charge is -2.14. The van der Waals surface area contributed by atoms with E-state index in [2.05, 4.69) is 48.3 Å². The molecule has 0 saturated carbocycles. The lowest BCUT2D eigenvalue weighted by molar-refractivity contribution is 0.213. The highest BCUT2D eigenvalue weighted by molar-refractivity contribution is 5.97. The quantitative estimate of drug-likeness (QED) is 0.144. The maximum absolute atomic E-state index is 6.07. The molecule has 5 heteroatoms. The van der Waals surface area contributed by atoms with E-state index in [4.69, 9.17) is 14.3 Å². The third kappa shape index (κ3) is 8.74. The van der Waals surface area contributed by atoms with E-state index in [1.54, 1.807) is 7.11 Å². The minimum atomic E-state index is 0.597. The fraction of sp³-hybridized carbons (Fsp3) is 0.481. The van der Waals surface area contributed by atoms with Crippen LogP contribution in [0.4, 0.5) is 0 Å². The van der Waals surface area contributed by atoms with Crippen LogP contribution in [0, 0.1) is 13.8 Å². The van der Waals surface area contributed by atoms with E-state index in [1.807, 2.05) is 32.2 Å². The zero-order valence-corrected chi connectivity index (χ0v) is 20.3. The van der Waals surface area contributed by atoms with Gasteiger partial charge in [-0.05, 0) is 82.3 Å². The zero-order chi connectivity index (χ0) is 23.2. The first-order valence-electron chi connectivity index (χ1n) is 11.6. The third-order valence-corrected chi connectivity index (χ3v) is 5.31. The van der Waals surface area contributed by atoms with E-state index >= 15 is 0 Å². The number of hydrogen-bond acceptors (Lipinski definition) is 5. The van der Waals surface area contributed by atoms with Crippen LogP contribution in [0.25, 0.3) is 0 Å². The number of benzene rings is 1. The third-order valence-electron chi connectivity index (χ3n) is 5.31. The Morgan fingerprint density at radius 1 is 1.00 bits per heavy atom. The van der Waals surface area contributed by atoms with Crippen molar-refractivity contribution in [3.8, 4) is 11.5 Å². The second-order valence-corrected chi connectivity index (χ2v) is 8.03. The van der Waals surface area contributed by atoms with Crippen molar-refractivity contribution in [1.82, 2.24) is 4.98 Å². The second-order valence-electron chi connectivity index (χ2n) is 8.03. The summed E-state index contributed by atoms with van der Waals surface area (Å²) in [7, 11) is 1.56. The van der Waals surface area contributed by atoms with Gasteiger partial charge < -0.3 is 14.3 Å². The van der Waals surface area contributed by atoms with Crippen LogP contribution in [0.5, 0.6) is 11.5 Å². The standard InChI is InChI=1S/C27H38N2O3/c1-6-7-16-31-26-18-21(2)27(22(3)19-26)32-17-12-10-8-9-11-13-25-15-14-24(20-28-25)23(4)29-30-5/h6-7,14-15,18-20H,8-13,16-17H2,1-5H3/b7-6+,29-23+. The molecule has 1 aromatic carbocycles. The van der Waals surface area contributed by atoms with Gasteiger partial charge in [-0.15, -0.1) is 0 Å². The molecule has 0 aliphatic carbocycles. The summed E-state index contributed by atoms with van der Waals surface area (Å²) < 4.78 is 11.8. The van der Waals surface area contributed by atoms with Gasteiger partial charge in [0.1, 0.15) is 25.2 Å². The lowest BCUT2D eigenvalue weighted by Crippen LogP contribution is -2.02. The van der Waals surface area contributed by atoms with Gasteiger partial charge in [0.25, 0.3) is 0 Å². The Morgan fingerprint density at radius 2 is 1.72 bits per heavy atom. The molecule has 1 aromatic heterocycles. The molecule has 0 atom stereocenters. The Hall–Kier alpha value is -2.82. The van der Waals surface area contributed by atoms with Crippen molar-refractivity contribution in [3.63, 3.8) is 0 Å². The summed E-state index contributed by atoms with van der Waals surface area (Å²) in [5.41, 5.74) is 5.22. The van der Waals surface area contributed by atoms with Gasteiger partial charge in [0, 0.05) is 17.5 Å². The number of pyridine rings is 1. The summed E-state index contributed by atoms with van der Waals surface area (Å²) in [4.78, 5) is 9.35. The number of hydrogen-bond donors (Lipinski definition) is 0. The van der Waals surface area contributed by atoms with Crippen molar-refractivity contribution in [2.75, 3.05) is 20.3 Å². The van der Waals surface area contributed by atoms with Crippen LogP contribution in [0.1, 0.15) is 68.3 Å². The highest BCUT2D eigenvalue weighted by Gasteiger charge is 2.07. The van der Waals surface area contributed by atoms with Gasteiger partial charge in [-0.2, -0.15) is 0 Å². The average Bonchev–Trinajstić information content (AvgIpc) is 2.78. The van der Waals surface area contributed by atoms with E-state index in [9.17, 15) is 0 Å². The molecule has 0 amide bonds. The molecule has 5 nitrogen and oxygen atoms in total. The molecular formula is C27H38N2O3. The topological polar surface area (TPSA) is 52.9 Å². The summed E-state index contributed by atoms with van der Waals surface area (Å²) in [6.07, 6.45) is 12.7. The molecule has 1 heterocycles. The molecular weight excluding hydrogens is 400 g/mol. The molecule has 0 N–H and O–H groups in total. The highest BCUT2D eigenvalue weighted by atomic mass is 16.6. The van der Waals surface area contributed by atoms with Crippen molar-refractivity contribution >= 4 is 5.71 Å². The van der Waals surface area contributed by atoms with Crippen LogP contribution < -0.4 is 9.47 Å².